The van der Waals surface area contributed by atoms with Gasteiger partial charge in [-0.2, -0.15) is 0 Å². The molecule has 0 aliphatic heterocycles. The van der Waals surface area contributed by atoms with Crippen LogP contribution in [0.1, 0.15) is 10.4 Å². The van der Waals surface area contributed by atoms with E-state index in [4.69, 9.17) is 9.84 Å². The second-order valence-corrected chi connectivity index (χ2v) is 2.33. The van der Waals surface area contributed by atoms with Gasteiger partial charge in [0, 0.05) is 13.1 Å². The number of aryl methyl sites for hydroxylation is 1. The van der Waals surface area contributed by atoms with Crippen molar-refractivity contribution in [3.63, 3.8) is 0 Å². The lowest BCUT2D eigenvalue weighted by atomic mass is 10.3. The predicted octanol–water partition coefficient (Wildman–Crippen LogP) is -0.513. The van der Waals surface area contributed by atoms with Gasteiger partial charge in [-0.1, -0.05) is 0 Å². The Morgan fingerprint density at radius 2 is 2.31 bits per heavy atom. The molecule has 0 spiro atoms. The lowest BCUT2D eigenvalue weighted by molar-refractivity contribution is 0.0693. The monoisotopic (exact) mass is 184 g/mol. The molecule has 0 bridgehead atoms. The molecule has 6 heteroatoms. The summed E-state index contributed by atoms with van der Waals surface area (Å²) in [6, 6.07) is 1.09. The smallest absolute Gasteiger partial charge is 0.341 e. The maximum atomic E-state index is 11.1. The Balaban J connectivity index is 3.42. The van der Waals surface area contributed by atoms with Crippen molar-refractivity contribution in [2.75, 3.05) is 7.11 Å². The van der Waals surface area contributed by atoms with Crippen molar-refractivity contribution in [3.05, 3.63) is 22.0 Å². The summed E-state index contributed by atoms with van der Waals surface area (Å²) in [4.78, 5) is 21.7. The number of carboxylic acids is 1. The number of hydrogen-bond donors (Lipinski definition) is 1. The van der Waals surface area contributed by atoms with Crippen LogP contribution in [0.15, 0.2) is 10.9 Å². The van der Waals surface area contributed by atoms with Gasteiger partial charge < -0.3 is 9.84 Å². The minimum Gasteiger partial charge on any atom is -0.480 e. The first kappa shape index (κ1) is 9.24. The van der Waals surface area contributed by atoms with Gasteiger partial charge in [0.2, 0.25) is 5.88 Å². The van der Waals surface area contributed by atoms with Gasteiger partial charge in [-0.15, -0.1) is 5.10 Å². The van der Waals surface area contributed by atoms with Crippen molar-refractivity contribution in [1.82, 2.24) is 9.78 Å². The lowest BCUT2D eigenvalue weighted by Crippen LogP contribution is -2.26. The molecule has 0 saturated carbocycles. The van der Waals surface area contributed by atoms with Crippen molar-refractivity contribution in [1.29, 1.82) is 0 Å². The lowest BCUT2D eigenvalue weighted by Gasteiger charge is -2.02. The maximum Gasteiger partial charge on any atom is 0.341 e. The van der Waals surface area contributed by atoms with Crippen molar-refractivity contribution >= 4 is 5.97 Å². The third-order valence-electron chi connectivity index (χ3n) is 1.48. The average molecular weight is 184 g/mol. The van der Waals surface area contributed by atoms with Crippen LogP contribution in [0.25, 0.3) is 0 Å². The highest BCUT2D eigenvalue weighted by atomic mass is 16.5. The Labute approximate surface area is 73.4 Å². The summed E-state index contributed by atoms with van der Waals surface area (Å²) in [5.74, 6) is -1.19. The van der Waals surface area contributed by atoms with Gasteiger partial charge in [0.25, 0.3) is 5.56 Å². The number of carbonyl (C=O) groups is 1. The fourth-order valence-corrected chi connectivity index (χ4v) is 0.835. The van der Waals surface area contributed by atoms with Crippen LogP contribution in [0.2, 0.25) is 0 Å². The minimum atomic E-state index is -1.29. The first-order chi connectivity index (χ1) is 6.06. The van der Waals surface area contributed by atoms with E-state index in [-0.39, 0.29) is 11.4 Å². The Bertz CT molecular complexity index is 396. The molecule has 0 aromatic carbocycles. The van der Waals surface area contributed by atoms with E-state index < -0.39 is 11.5 Å². The molecular formula is C7H8N2O4. The molecule has 0 atom stereocenters. The van der Waals surface area contributed by atoms with Crippen LogP contribution in [0.3, 0.4) is 0 Å². The van der Waals surface area contributed by atoms with Gasteiger partial charge >= 0.3 is 5.97 Å². The number of hydrogen-bond acceptors (Lipinski definition) is 4. The number of aromatic carboxylic acids is 1. The highest BCUT2D eigenvalue weighted by molar-refractivity contribution is 5.87. The SMILES string of the molecule is COc1cc(C(=O)O)c(=O)n(C)n1. The number of aromatic nitrogens is 2. The summed E-state index contributed by atoms with van der Waals surface area (Å²) >= 11 is 0. The van der Waals surface area contributed by atoms with Crippen LogP contribution in [-0.4, -0.2) is 28.0 Å². The predicted molar refractivity (Wildman–Crippen MR) is 43.0 cm³/mol. The summed E-state index contributed by atoms with van der Waals surface area (Å²) in [6.45, 7) is 0. The van der Waals surface area contributed by atoms with Crippen molar-refractivity contribution < 1.29 is 14.6 Å². The second-order valence-electron chi connectivity index (χ2n) is 2.33. The highest BCUT2D eigenvalue weighted by Gasteiger charge is 2.12. The molecule has 1 N–H and O–H groups in total. The molecular weight excluding hydrogens is 176 g/mol. The zero-order chi connectivity index (χ0) is 10.0. The minimum absolute atomic E-state index is 0.0968. The number of rotatable bonds is 2. The third kappa shape index (κ3) is 1.66. The number of carboxylic acid groups (broad SMARTS) is 1. The fourth-order valence-electron chi connectivity index (χ4n) is 0.835. The van der Waals surface area contributed by atoms with E-state index in [0.29, 0.717) is 0 Å². The molecule has 0 aliphatic carbocycles. The molecule has 1 aromatic rings. The van der Waals surface area contributed by atoms with Gasteiger partial charge in [-0.3, -0.25) is 4.79 Å². The Kier molecular flexibility index (Phi) is 2.32. The molecule has 13 heavy (non-hydrogen) atoms. The van der Waals surface area contributed by atoms with E-state index in [1.54, 1.807) is 0 Å². The van der Waals surface area contributed by atoms with Crippen molar-refractivity contribution in [2.45, 2.75) is 0 Å². The highest BCUT2D eigenvalue weighted by Crippen LogP contribution is 2.03. The van der Waals surface area contributed by atoms with Crippen LogP contribution in [-0.2, 0) is 7.05 Å². The fraction of sp³-hybridized carbons (Fsp3) is 0.286. The van der Waals surface area contributed by atoms with E-state index in [2.05, 4.69) is 5.10 Å². The molecule has 1 aromatic heterocycles. The molecule has 0 aliphatic rings. The Morgan fingerprint density at radius 1 is 1.69 bits per heavy atom. The molecule has 1 heterocycles. The first-order valence-electron chi connectivity index (χ1n) is 3.42. The van der Waals surface area contributed by atoms with E-state index in [0.717, 1.165) is 10.7 Å². The summed E-state index contributed by atoms with van der Waals surface area (Å²) in [5.41, 5.74) is -1.01. The zero-order valence-electron chi connectivity index (χ0n) is 7.14. The van der Waals surface area contributed by atoms with Gasteiger partial charge in [-0.05, 0) is 0 Å². The van der Waals surface area contributed by atoms with E-state index >= 15 is 0 Å². The summed E-state index contributed by atoms with van der Waals surface area (Å²) in [7, 11) is 2.70. The number of nitrogens with zero attached hydrogens (tertiary/aromatic N) is 2. The largest absolute Gasteiger partial charge is 0.480 e. The van der Waals surface area contributed by atoms with Crippen LogP contribution in [0.5, 0.6) is 5.88 Å². The molecule has 0 saturated heterocycles. The molecule has 70 valence electrons. The third-order valence-corrected chi connectivity index (χ3v) is 1.48. The van der Waals surface area contributed by atoms with Gasteiger partial charge in [0.1, 0.15) is 5.56 Å². The van der Waals surface area contributed by atoms with Gasteiger partial charge in [0.15, 0.2) is 0 Å². The number of ether oxygens (including phenoxy) is 1. The Morgan fingerprint density at radius 3 is 2.77 bits per heavy atom. The van der Waals surface area contributed by atoms with Crippen molar-refractivity contribution in [3.8, 4) is 5.88 Å². The maximum absolute atomic E-state index is 11.1. The quantitative estimate of drug-likeness (QED) is 0.669. The molecule has 0 fully saturated rings. The molecule has 6 nitrogen and oxygen atoms in total. The zero-order valence-corrected chi connectivity index (χ0v) is 7.14. The summed E-state index contributed by atoms with van der Waals surface area (Å²) < 4.78 is 5.63. The average Bonchev–Trinajstić information content (AvgIpc) is 2.09. The van der Waals surface area contributed by atoms with Crippen LogP contribution < -0.4 is 10.3 Å². The number of methoxy groups -OCH3 is 1. The topological polar surface area (TPSA) is 81.4 Å². The first-order valence-corrected chi connectivity index (χ1v) is 3.42. The van der Waals surface area contributed by atoms with E-state index in [9.17, 15) is 9.59 Å². The normalized spacial score (nSPS) is 9.69. The van der Waals surface area contributed by atoms with E-state index in [1.807, 2.05) is 0 Å². The molecule has 0 unspecified atom stereocenters. The molecule has 1 rings (SSSR count). The van der Waals surface area contributed by atoms with Crippen LogP contribution in [0.4, 0.5) is 0 Å². The second kappa shape index (κ2) is 3.26. The molecule has 0 radical (unpaired) electrons. The summed E-state index contributed by atoms with van der Waals surface area (Å²) in [5, 5.41) is 12.3. The van der Waals surface area contributed by atoms with Gasteiger partial charge in [-0.25, -0.2) is 9.48 Å². The van der Waals surface area contributed by atoms with Crippen LogP contribution >= 0.6 is 0 Å². The summed E-state index contributed by atoms with van der Waals surface area (Å²) in [6.07, 6.45) is 0. The van der Waals surface area contributed by atoms with Gasteiger partial charge in [0.05, 0.1) is 7.11 Å². The Hall–Kier alpha value is -1.85. The van der Waals surface area contributed by atoms with Crippen LogP contribution in [0, 0.1) is 0 Å². The van der Waals surface area contributed by atoms with E-state index in [1.165, 1.54) is 14.2 Å². The van der Waals surface area contributed by atoms with Crippen molar-refractivity contribution in [2.24, 2.45) is 7.05 Å². The standard InChI is InChI=1S/C7H8N2O4/c1-9-6(10)4(7(11)12)3-5(8-9)13-2/h3H,1-2H3,(H,11,12). The molecule has 0 amide bonds.